The average Bonchev–Trinajstić information content (AvgIpc) is 2.40. The molecule has 0 spiro atoms. The molecular formula is C13H25N5O. The number of nitrogens with zero attached hydrogens (tertiary/aromatic N) is 2. The molecule has 1 unspecified atom stereocenters. The Balaban J connectivity index is 3.04. The number of aryl methyl sites for hydroxylation is 1. The van der Waals surface area contributed by atoms with Crippen LogP contribution in [0, 0.1) is 12.8 Å². The molecule has 108 valence electrons. The molecule has 0 saturated carbocycles. The van der Waals surface area contributed by atoms with Gasteiger partial charge in [-0.25, -0.2) is 15.8 Å². The number of hydrogen-bond donors (Lipinski definition) is 3. The van der Waals surface area contributed by atoms with Crippen molar-refractivity contribution in [2.24, 2.45) is 11.8 Å². The van der Waals surface area contributed by atoms with Gasteiger partial charge >= 0.3 is 0 Å². The second kappa shape index (κ2) is 7.25. The number of nitrogens with one attached hydrogen (secondary N) is 2. The van der Waals surface area contributed by atoms with Crippen LogP contribution < -0.4 is 16.6 Å². The van der Waals surface area contributed by atoms with E-state index in [1.54, 1.807) is 7.11 Å². The number of nitrogens with two attached hydrogens (primary N) is 1. The Morgan fingerprint density at radius 2 is 1.89 bits per heavy atom. The molecule has 0 aromatic carbocycles. The van der Waals surface area contributed by atoms with Gasteiger partial charge in [0, 0.05) is 19.1 Å². The van der Waals surface area contributed by atoms with Crippen molar-refractivity contribution >= 4 is 11.6 Å². The summed E-state index contributed by atoms with van der Waals surface area (Å²) in [5.74, 6) is 8.18. The summed E-state index contributed by atoms with van der Waals surface area (Å²) in [6.45, 7) is 8.89. The molecule has 19 heavy (non-hydrogen) atoms. The molecule has 6 nitrogen and oxygen atoms in total. The third kappa shape index (κ3) is 4.04. The summed E-state index contributed by atoms with van der Waals surface area (Å²) in [5, 5.41) is 3.43. The zero-order chi connectivity index (χ0) is 14.4. The van der Waals surface area contributed by atoms with Gasteiger partial charge in [-0.3, -0.25) is 0 Å². The molecule has 0 radical (unpaired) electrons. The van der Waals surface area contributed by atoms with Gasteiger partial charge in [0.15, 0.2) is 0 Å². The Hall–Kier alpha value is -1.40. The molecule has 0 amide bonds. The van der Waals surface area contributed by atoms with Crippen LogP contribution in [0.4, 0.5) is 11.6 Å². The molecule has 0 saturated heterocycles. The first-order chi connectivity index (χ1) is 9.03. The number of ether oxygens (including phenoxy) is 1. The number of hydrogen-bond acceptors (Lipinski definition) is 6. The van der Waals surface area contributed by atoms with Gasteiger partial charge in [0.1, 0.15) is 17.5 Å². The summed E-state index contributed by atoms with van der Waals surface area (Å²) in [7, 11) is 1.70. The number of methoxy groups -OCH3 is 1. The van der Waals surface area contributed by atoms with E-state index in [4.69, 9.17) is 10.6 Å². The van der Waals surface area contributed by atoms with E-state index in [2.05, 4.69) is 34.6 Å². The number of rotatable bonds is 7. The van der Waals surface area contributed by atoms with E-state index in [1.807, 2.05) is 13.8 Å². The topological polar surface area (TPSA) is 85.1 Å². The van der Waals surface area contributed by atoms with Crippen molar-refractivity contribution in [3.8, 4) is 0 Å². The Morgan fingerprint density at radius 3 is 2.37 bits per heavy atom. The summed E-state index contributed by atoms with van der Waals surface area (Å²) in [6.07, 6.45) is 0.764. The second-order valence-electron chi connectivity index (χ2n) is 4.91. The van der Waals surface area contributed by atoms with Gasteiger partial charge in [-0.15, -0.1) is 0 Å². The van der Waals surface area contributed by atoms with Crippen molar-refractivity contribution in [3.63, 3.8) is 0 Å². The van der Waals surface area contributed by atoms with E-state index in [9.17, 15) is 0 Å². The third-order valence-corrected chi connectivity index (χ3v) is 3.12. The Morgan fingerprint density at radius 1 is 1.26 bits per heavy atom. The molecule has 1 heterocycles. The highest BCUT2D eigenvalue weighted by Crippen LogP contribution is 2.21. The lowest BCUT2D eigenvalue weighted by molar-refractivity contribution is 0.171. The number of nitrogen functional groups attached to an aromatic ring is 1. The first kappa shape index (κ1) is 15.7. The zero-order valence-electron chi connectivity index (χ0n) is 12.4. The van der Waals surface area contributed by atoms with Crippen LogP contribution in [0.15, 0.2) is 0 Å². The minimum absolute atomic E-state index is 0.203. The molecule has 6 heteroatoms. The van der Waals surface area contributed by atoms with Crippen molar-refractivity contribution < 1.29 is 4.74 Å². The quantitative estimate of drug-likeness (QED) is 0.515. The molecule has 1 rings (SSSR count). The summed E-state index contributed by atoms with van der Waals surface area (Å²) in [5.41, 5.74) is 3.54. The van der Waals surface area contributed by atoms with Crippen molar-refractivity contribution in [1.82, 2.24) is 9.97 Å². The minimum atomic E-state index is 0.203. The molecule has 0 fully saturated rings. The Bertz CT molecular complexity index is 408. The van der Waals surface area contributed by atoms with Gasteiger partial charge in [0.2, 0.25) is 0 Å². The van der Waals surface area contributed by atoms with Gasteiger partial charge in [-0.1, -0.05) is 20.8 Å². The van der Waals surface area contributed by atoms with E-state index in [-0.39, 0.29) is 6.04 Å². The number of anilines is 2. The summed E-state index contributed by atoms with van der Waals surface area (Å²) in [6, 6.07) is 0.203. The fourth-order valence-electron chi connectivity index (χ4n) is 1.76. The van der Waals surface area contributed by atoms with E-state index >= 15 is 0 Å². The van der Waals surface area contributed by atoms with Gasteiger partial charge in [-0.05, 0) is 12.8 Å². The summed E-state index contributed by atoms with van der Waals surface area (Å²) in [4.78, 5) is 8.88. The first-order valence-electron chi connectivity index (χ1n) is 6.63. The lowest BCUT2D eigenvalue weighted by Gasteiger charge is -2.23. The van der Waals surface area contributed by atoms with Gasteiger partial charge < -0.3 is 15.5 Å². The number of hydrazine groups is 1. The van der Waals surface area contributed by atoms with Crippen molar-refractivity contribution in [1.29, 1.82) is 0 Å². The van der Waals surface area contributed by atoms with E-state index in [0.29, 0.717) is 18.3 Å². The highest BCUT2D eigenvalue weighted by atomic mass is 16.5. The van der Waals surface area contributed by atoms with Crippen LogP contribution in [0.3, 0.4) is 0 Å². The lowest BCUT2D eigenvalue weighted by atomic mass is 10.1. The highest BCUT2D eigenvalue weighted by Gasteiger charge is 2.17. The Labute approximate surface area is 115 Å². The van der Waals surface area contributed by atoms with Crippen molar-refractivity contribution in [2.45, 2.75) is 40.2 Å². The fourth-order valence-corrected chi connectivity index (χ4v) is 1.76. The molecule has 0 aliphatic rings. The SMILES string of the molecule is CCc1nc(NN)c(C)c(NC(COC)C(C)C)n1. The fraction of sp³-hybridized carbons (Fsp3) is 0.692. The molecule has 0 aliphatic carbocycles. The van der Waals surface area contributed by atoms with Gasteiger partial charge in [0.05, 0.1) is 12.6 Å². The zero-order valence-corrected chi connectivity index (χ0v) is 12.4. The van der Waals surface area contributed by atoms with Crippen LogP contribution >= 0.6 is 0 Å². The van der Waals surface area contributed by atoms with Crippen LogP contribution in [0.5, 0.6) is 0 Å². The summed E-state index contributed by atoms with van der Waals surface area (Å²) < 4.78 is 5.24. The van der Waals surface area contributed by atoms with Crippen LogP contribution in [-0.4, -0.2) is 29.7 Å². The average molecular weight is 267 g/mol. The molecule has 1 aromatic heterocycles. The highest BCUT2D eigenvalue weighted by molar-refractivity contribution is 5.57. The maximum atomic E-state index is 5.50. The summed E-state index contributed by atoms with van der Waals surface area (Å²) >= 11 is 0. The standard InChI is InChI=1S/C13H25N5O/c1-6-11-16-12(9(4)13(17-11)18-14)15-10(7-19-5)8(2)3/h8,10H,6-7,14H2,1-5H3,(H2,15,16,17,18). The Kier molecular flexibility index (Phi) is 5.98. The first-order valence-corrected chi connectivity index (χ1v) is 6.63. The largest absolute Gasteiger partial charge is 0.383 e. The third-order valence-electron chi connectivity index (χ3n) is 3.12. The van der Waals surface area contributed by atoms with Crippen molar-refractivity contribution in [2.75, 3.05) is 24.5 Å². The molecule has 1 aromatic rings. The smallest absolute Gasteiger partial charge is 0.148 e. The monoisotopic (exact) mass is 267 g/mol. The molecule has 0 aliphatic heterocycles. The predicted molar refractivity (Wildman–Crippen MR) is 78.1 cm³/mol. The van der Waals surface area contributed by atoms with Crippen LogP contribution in [0.25, 0.3) is 0 Å². The molecule has 0 bridgehead atoms. The molecular weight excluding hydrogens is 242 g/mol. The van der Waals surface area contributed by atoms with Crippen LogP contribution in [-0.2, 0) is 11.2 Å². The number of aromatic nitrogens is 2. The van der Waals surface area contributed by atoms with E-state index in [1.165, 1.54) is 0 Å². The normalized spacial score (nSPS) is 12.6. The maximum absolute atomic E-state index is 5.50. The minimum Gasteiger partial charge on any atom is -0.383 e. The predicted octanol–water partition coefficient (Wildman–Crippen LogP) is 1.72. The van der Waals surface area contributed by atoms with Gasteiger partial charge in [-0.2, -0.15) is 0 Å². The second-order valence-corrected chi connectivity index (χ2v) is 4.91. The molecule has 1 atom stereocenters. The lowest BCUT2D eigenvalue weighted by Crippen LogP contribution is -2.31. The van der Waals surface area contributed by atoms with Gasteiger partial charge in [0.25, 0.3) is 0 Å². The van der Waals surface area contributed by atoms with E-state index in [0.717, 1.165) is 23.6 Å². The van der Waals surface area contributed by atoms with E-state index < -0.39 is 0 Å². The maximum Gasteiger partial charge on any atom is 0.148 e. The van der Waals surface area contributed by atoms with Crippen molar-refractivity contribution in [3.05, 3.63) is 11.4 Å². The van der Waals surface area contributed by atoms with Crippen LogP contribution in [0.1, 0.15) is 32.2 Å². The molecule has 4 N–H and O–H groups in total. The van der Waals surface area contributed by atoms with Crippen LogP contribution in [0.2, 0.25) is 0 Å².